The molecule has 0 saturated carbocycles. The summed E-state index contributed by atoms with van der Waals surface area (Å²) in [5, 5.41) is 0. The quantitative estimate of drug-likeness (QED) is 0.110. The average Bonchev–Trinajstić information content (AvgIpc) is 2.85. The molecule has 1 aliphatic heterocycles. The molecule has 2 rings (SSSR count). The van der Waals surface area contributed by atoms with E-state index in [1.165, 1.54) is 96.3 Å². The normalized spacial score (nSPS) is 16.9. The summed E-state index contributed by atoms with van der Waals surface area (Å²) in [6, 6.07) is 7.84. The Labute approximate surface area is 214 Å². The molecule has 2 unspecified atom stereocenters. The third-order valence-electron chi connectivity index (χ3n) is 6.83. The molecule has 1 heterocycles. The number of carbonyl (C=O) groups excluding carboxylic acids is 1. The highest BCUT2D eigenvalue weighted by atomic mass is 32.2. The highest BCUT2D eigenvalue weighted by molar-refractivity contribution is 7.99. The molecule has 2 atom stereocenters. The summed E-state index contributed by atoms with van der Waals surface area (Å²) in [6.07, 6.45) is 22.7. The van der Waals surface area contributed by atoms with Crippen molar-refractivity contribution in [1.29, 1.82) is 0 Å². The van der Waals surface area contributed by atoms with Crippen LogP contribution in [0.4, 0.5) is 0 Å². The Morgan fingerprint density at radius 2 is 1.62 bits per heavy atom. The molecule has 0 spiro atoms. The molecule has 1 aromatic rings. The minimum atomic E-state index is -0.178. The van der Waals surface area contributed by atoms with Crippen LogP contribution < -0.4 is 0 Å². The van der Waals surface area contributed by atoms with Crippen LogP contribution in [0.3, 0.4) is 0 Å². The maximum absolute atomic E-state index is 12.5. The zero-order valence-corrected chi connectivity index (χ0v) is 22.8. The lowest BCUT2D eigenvalue weighted by Crippen LogP contribution is -2.18. The average molecular weight is 491 g/mol. The number of carbonyl (C=O) groups is 1. The summed E-state index contributed by atoms with van der Waals surface area (Å²) in [6.45, 7) is 5.12. The highest BCUT2D eigenvalue weighted by Crippen LogP contribution is 2.21. The summed E-state index contributed by atoms with van der Waals surface area (Å²) in [5.41, 5.74) is 1.74. The number of thioether (sulfide) groups is 1. The van der Waals surface area contributed by atoms with E-state index in [-0.39, 0.29) is 11.4 Å². The van der Waals surface area contributed by atoms with Crippen molar-refractivity contribution in [2.24, 2.45) is 0 Å². The van der Waals surface area contributed by atoms with Gasteiger partial charge >= 0.3 is 5.97 Å². The first kappa shape index (κ1) is 29.2. The van der Waals surface area contributed by atoms with E-state index in [2.05, 4.69) is 6.92 Å². The van der Waals surface area contributed by atoms with Gasteiger partial charge in [0.25, 0.3) is 0 Å². The molecule has 4 heteroatoms. The van der Waals surface area contributed by atoms with Gasteiger partial charge in [-0.25, -0.2) is 4.79 Å². The van der Waals surface area contributed by atoms with Crippen molar-refractivity contribution in [2.75, 3.05) is 12.4 Å². The van der Waals surface area contributed by atoms with Crippen LogP contribution in [0.2, 0.25) is 0 Å². The molecular weight excluding hydrogens is 440 g/mol. The zero-order chi connectivity index (χ0) is 24.3. The van der Waals surface area contributed by atoms with E-state index in [0.29, 0.717) is 6.10 Å². The number of rotatable bonds is 19. The molecule has 1 fully saturated rings. The third kappa shape index (κ3) is 13.2. The lowest BCUT2D eigenvalue weighted by molar-refractivity contribution is 0.00976. The Morgan fingerprint density at radius 3 is 2.26 bits per heavy atom. The van der Waals surface area contributed by atoms with Crippen LogP contribution in [0, 0.1) is 0 Å². The number of esters is 1. The van der Waals surface area contributed by atoms with Gasteiger partial charge in [-0.3, -0.25) is 0 Å². The molecule has 0 aromatic heterocycles. The lowest BCUT2D eigenvalue weighted by atomic mass is 10.0. The monoisotopic (exact) mass is 490 g/mol. The molecule has 0 amide bonds. The number of hydrogen-bond donors (Lipinski definition) is 0. The van der Waals surface area contributed by atoms with E-state index in [9.17, 15) is 4.79 Å². The molecule has 0 bridgehead atoms. The molecule has 0 radical (unpaired) electrons. The van der Waals surface area contributed by atoms with Gasteiger partial charge in [-0.15, -0.1) is 11.8 Å². The minimum Gasteiger partial charge on any atom is -0.448 e. The SMILES string of the molecule is CCCc1ccccc1C(=O)OC(C)SCCCCCCCCCCCCCC1CCCCO1. The molecule has 1 saturated heterocycles. The van der Waals surface area contributed by atoms with E-state index in [1.54, 1.807) is 11.8 Å². The van der Waals surface area contributed by atoms with Gasteiger partial charge in [0.15, 0.2) is 0 Å². The van der Waals surface area contributed by atoms with E-state index < -0.39 is 0 Å². The van der Waals surface area contributed by atoms with Crippen LogP contribution in [-0.2, 0) is 15.9 Å². The lowest BCUT2D eigenvalue weighted by Gasteiger charge is -2.22. The molecule has 1 aromatic carbocycles. The van der Waals surface area contributed by atoms with E-state index >= 15 is 0 Å². The van der Waals surface area contributed by atoms with Crippen molar-refractivity contribution in [3.05, 3.63) is 35.4 Å². The van der Waals surface area contributed by atoms with Crippen LogP contribution >= 0.6 is 11.8 Å². The Morgan fingerprint density at radius 1 is 0.971 bits per heavy atom. The van der Waals surface area contributed by atoms with E-state index in [4.69, 9.17) is 9.47 Å². The van der Waals surface area contributed by atoms with Crippen LogP contribution in [0.15, 0.2) is 24.3 Å². The molecule has 0 aliphatic carbocycles. The number of hydrogen-bond acceptors (Lipinski definition) is 4. The molecule has 34 heavy (non-hydrogen) atoms. The summed E-state index contributed by atoms with van der Waals surface area (Å²) in [5.74, 6) is 0.888. The predicted molar refractivity (Wildman–Crippen MR) is 147 cm³/mol. The van der Waals surface area contributed by atoms with Gasteiger partial charge in [-0.1, -0.05) is 95.8 Å². The standard InChI is InChI=1S/C30H50O3S/c1-3-19-27-20-14-15-23-29(27)30(31)33-26(2)34-25-18-12-10-8-6-4-5-7-9-11-13-21-28-22-16-17-24-32-28/h14-15,20,23,26,28H,3-13,16-19,21-22,24-25H2,1-2H3. The first-order valence-corrected chi connectivity index (χ1v) is 15.3. The van der Waals surface area contributed by atoms with Gasteiger partial charge in [0.2, 0.25) is 0 Å². The van der Waals surface area contributed by atoms with Gasteiger partial charge in [0.05, 0.1) is 11.7 Å². The Bertz CT molecular complexity index is 642. The molecular formula is C30H50O3S. The van der Waals surface area contributed by atoms with Gasteiger partial charge in [0, 0.05) is 6.61 Å². The summed E-state index contributed by atoms with van der Waals surface area (Å²) in [4.78, 5) is 12.5. The van der Waals surface area contributed by atoms with Crippen LogP contribution in [-0.4, -0.2) is 29.9 Å². The van der Waals surface area contributed by atoms with Gasteiger partial charge in [0.1, 0.15) is 5.44 Å². The third-order valence-corrected chi connectivity index (χ3v) is 7.92. The fraction of sp³-hybridized carbons (Fsp3) is 0.767. The second-order valence-electron chi connectivity index (χ2n) is 9.92. The molecule has 0 N–H and O–H groups in total. The smallest absolute Gasteiger partial charge is 0.339 e. The maximum Gasteiger partial charge on any atom is 0.339 e. The maximum atomic E-state index is 12.5. The van der Waals surface area contributed by atoms with Crippen molar-refractivity contribution >= 4 is 17.7 Å². The van der Waals surface area contributed by atoms with E-state index in [0.717, 1.165) is 36.3 Å². The second-order valence-corrected chi connectivity index (χ2v) is 11.3. The molecule has 194 valence electrons. The van der Waals surface area contributed by atoms with Crippen LogP contribution in [0.1, 0.15) is 133 Å². The first-order valence-electron chi connectivity index (χ1n) is 14.2. The second kappa shape index (κ2) is 19.2. The largest absolute Gasteiger partial charge is 0.448 e. The summed E-state index contributed by atoms with van der Waals surface area (Å²) in [7, 11) is 0. The van der Waals surface area contributed by atoms with Gasteiger partial charge < -0.3 is 9.47 Å². The van der Waals surface area contributed by atoms with Gasteiger partial charge in [-0.2, -0.15) is 0 Å². The number of ether oxygens (including phenoxy) is 2. The first-order chi connectivity index (χ1) is 16.7. The van der Waals surface area contributed by atoms with Crippen LogP contribution in [0.25, 0.3) is 0 Å². The highest BCUT2D eigenvalue weighted by Gasteiger charge is 2.15. The molecule has 1 aliphatic rings. The van der Waals surface area contributed by atoms with Crippen molar-refractivity contribution in [2.45, 2.75) is 135 Å². The van der Waals surface area contributed by atoms with Gasteiger partial charge in [-0.05, 0) is 62.8 Å². The van der Waals surface area contributed by atoms with Crippen molar-refractivity contribution < 1.29 is 14.3 Å². The Balaban J connectivity index is 1.36. The minimum absolute atomic E-state index is 0.0858. The zero-order valence-electron chi connectivity index (χ0n) is 22.0. The fourth-order valence-electron chi connectivity index (χ4n) is 4.80. The topological polar surface area (TPSA) is 35.5 Å². The Hall–Kier alpha value is -1.00. The molecule has 3 nitrogen and oxygen atoms in total. The van der Waals surface area contributed by atoms with E-state index in [1.807, 2.05) is 31.2 Å². The number of unbranched alkanes of at least 4 members (excludes halogenated alkanes) is 10. The summed E-state index contributed by atoms with van der Waals surface area (Å²) < 4.78 is 11.5. The van der Waals surface area contributed by atoms with Crippen molar-refractivity contribution in [3.8, 4) is 0 Å². The number of aryl methyl sites for hydroxylation is 1. The summed E-state index contributed by atoms with van der Waals surface area (Å²) >= 11 is 1.76. The van der Waals surface area contributed by atoms with Crippen LogP contribution in [0.5, 0.6) is 0 Å². The fourth-order valence-corrected chi connectivity index (χ4v) is 5.66. The Kier molecular flexibility index (Phi) is 16.5. The van der Waals surface area contributed by atoms with Crippen molar-refractivity contribution in [1.82, 2.24) is 0 Å². The number of benzene rings is 1. The predicted octanol–water partition coefficient (Wildman–Crippen LogP) is 9.13. The van der Waals surface area contributed by atoms with Crippen molar-refractivity contribution in [3.63, 3.8) is 0 Å².